The lowest BCUT2D eigenvalue weighted by Gasteiger charge is -2.15. The number of carbonyl (C=O) groups is 2. The Kier molecular flexibility index (Phi) is 3.76. The summed E-state index contributed by atoms with van der Waals surface area (Å²) in [4.78, 5) is 28.0. The van der Waals surface area contributed by atoms with Crippen LogP contribution in [-0.2, 0) is 4.79 Å². The summed E-state index contributed by atoms with van der Waals surface area (Å²) in [6.07, 6.45) is 3.40. The standard InChI is InChI=1S/C12H14N2O4/c15-10(14-6-1-2-7-14)8-18-9-4-3-5-13-11(9)12(16)17/h3-5H,1-2,6-8H2,(H,16,17). The van der Waals surface area contributed by atoms with Crippen molar-refractivity contribution in [3.05, 3.63) is 24.0 Å². The summed E-state index contributed by atoms with van der Waals surface area (Å²) in [7, 11) is 0. The third-order valence-corrected chi connectivity index (χ3v) is 2.78. The molecular formula is C12H14N2O4. The Morgan fingerprint density at radius 3 is 2.78 bits per heavy atom. The van der Waals surface area contributed by atoms with E-state index in [-0.39, 0.29) is 24.0 Å². The molecule has 0 aliphatic carbocycles. The molecule has 1 N–H and O–H groups in total. The first kappa shape index (κ1) is 12.3. The molecule has 6 nitrogen and oxygen atoms in total. The third kappa shape index (κ3) is 2.77. The molecule has 0 unspecified atom stereocenters. The van der Waals surface area contributed by atoms with E-state index in [2.05, 4.69) is 4.98 Å². The molecule has 2 rings (SSSR count). The molecule has 0 bridgehead atoms. The normalized spacial score (nSPS) is 14.6. The predicted octanol–water partition coefficient (Wildman–Crippen LogP) is 0.781. The fraction of sp³-hybridized carbons (Fsp3) is 0.417. The van der Waals surface area contributed by atoms with E-state index >= 15 is 0 Å². The summed E-state index contributed by atoms with van der Waals surface area (Å²) in [5.74, 6) is -1.16. The van der Waals surface area contributed by atoms with Crippen LogP contribution in [0.25, 0.3) is 0 Å². The molecule has 0 radical (unpaired) electrons. The Balaban J connectivity index is 1.97. The number of pyridine rings is 1. The number of carboxylic acid groups (broad SMARTS) is 1. The number of carboxylic acids is 1. The first-order valence-corrected chi connectivity index (χ1v) is 5.77. The molecule has 1 fully saturated rings. The number of hydrogen-bond donors (Lipinski definition) is 1. The van der Waals surface area contributed by atoms with Gasteiger partial charge in [0.05, 0.1) is 0 Å². The van der Waals surface area contributed by atoms with Crippen molar-refractivity contribution in [1.82, 2.24) is 9.88 Å². The maximum absolute atomic E-state index is 11.7. The minimum Gasteiger partial charge on any atom is -0.481 e. The fourth-order valence-corrected chi connectivity index (χ4v) is 1.86. The van der Waals surface area contributed by atoms with E-state index < -0.39 is 5.97 Å². The number of rotatable bonds is 4. The van der Waals surface area contributed by atoms with E-state index in [1.165, 1.54) is 12.3 Å². The largest absolute Gasteiger partial charge is 0.481 e. The Morgan fingerprint density at radius 1 is 1.39 bits per heavy atom. The molecule has 96 valence electrons. The lowest BCUT2D eigenvalue weighted by Crippen LogP contribution is -2.32. The van der Waals surface area contributed by atoms with Crippen molar-refractivity contribution >= 4 is 11.9 Å². The van der Waals surface area contributed by atoms with Crippen LogP contribution in [-0.4, -0.2) is 46.6 Å². The van der Waals surface area contributed by atoms with Gasteiger partial charge in [-0.15, -0.1) is 0 Å². The monoisotopic (exact) mass is 250 g/mol. The number of hydrogen-bond acceptors (Lipinski definition) is 4. The Hall–Kier alpha value is -2.11. The van der Waals surface area contributed by atoms with E-state index in [0.29, 0.717) is 0 Å². The van der Waals surface area contributed by atoms with Gasteiger partial charge in [-0.1, -0.05) is 0 Å². The van der Waals surface area contributed by atoms with Gasteiger partial charge in [0, 0.05) is 19.3 Å². The van der Waals surface area contributed by atoms with Crippen molar-refractivity contribution in [1.29, 1.82) is 0 Å². The number of likely N-dealkylation sites (tertiary alicyclic amines) is 1. The SMILES string of the molecule is O=C(O)c1ncccc1OCC(=O)N1CCCC1. The van der Waals surface area contributed by atoms with Crippen LogP contribution in [0.2, 0.25) is 0 Å². The smallest absolute Gasteiger partial charge is 0.358 e. The van der Waals surface area contributed by atoms with Gasteiger partial charge in [0.2, 0.25) is 0 Å². The van der Waals surface area contributed by atoms with Crippen molar-refractivity contribution < 1.29 is 19.4 Å². The molecule has 1 aliphatic rings. The number of carbonyl (C=O) groups excluding carboxylic acids is 1. The summed E-state index contributed by atoms with van der Waals surface area (Å²) in [5, 5.41) is 8.90. The maximum Gasteiger partial charge on any atom is 0.358 e. The molecule has 6 heteroatoms. The first-order chi connectivity index (χ1) is 8.68. The summed E-state index contributed by atoms with van der Waals surface area (Å²) in [5.41, 5.74) is -0.174. The molecule has 0 spiro atoms. The lowest BCUT2D eigenvalue weighted by atomic mass is 10.3. The zero-order valence-corrected chi connectivity index (χ0v) is 9.83. The van der Waals surface area contributed by atoms with Gasteiger partial charge < -0.3 is 14.7 Å². The highest BCUT2D eigenvalue weighted by Gasteiger charge is 2.19. The van der Waals surface area contributed by atoms with Crippen LogP contribution in [0.5, 0.6) is 5.75 Å². The topological polar surface area (TPSA) is 79.7 Å². The second-order valence-electron chi connectivity index (χ2n) is 4.03. The number of nitrogens with zero attached hydrogens (tertiary/aromatic N) is 2. The van der Waals surface area contributed by atoms with Crippen molar-refractivity contribution in [3.63, 3.8) is 0 Å². The molecule has 1 aromatic rings. The summed E-state index contributed by atoms with van der Waals surface area (Å²) in [6, 6.07) is 3.07. The van der Waals surface area contributed by atoms with Gasteiger partial charge in [-0.05, 0) is 25.0 Å². The van der Waals surface area contributed by atoms with Gasteiger partial charge in [-0.25, -0.2) is 9.78 Å². The van der Waals surface area contributed by atoms with Crippen molar-refractivity contribution in [2.24, 2.45) is 0 Å². The van der Waals surface area contributed by atoms with E-state index in [4.69, 9.17) is 9.84 Å². The number of ether oxygens (including phenoxy) is 1. The van der Waals surface area contributed by atoms with Crippen LogP contribution in [0.4, 0.5) is 0 Å². The summed E-state index contributed by atoms with van der Waals surface area (Å²) >= 11 is 0. The molecule has 1 saturated heterocycles. The number of amides is 1. The average molecular weight is 250 g/mol. The van der Waals surface area contributed by atoms with E-state index in [0.717, 1.165) is 25.9 Å². The molecule has 18 heavy (non-hydrogen) atoms. The molecule has 1 amide bonds. The van der Waals surface area contributed by atoms with Crippen molar-refractivity contribution in [2.75, 3.05) is 19.7 Å². The van der Waals surface area contributed by atoms with Gasteiger partial charge in [-0.2, -0.15) is 0 Å². The third-order valence-electron chi connectivity index (χ3n) is 2.78. The fourth-order valence-electron chi connectivity index (χ4n) is 1.86. The highest BCUT2D eigenvalue weighted by molar-refractivity contribution is 5.88. The van der Waals surface area contributed by atoms with Crippen LogP contribution in [0.1, 0.15) is 23.3 Å². The number of aromatic nitrogens is 1. The zero-order valence-electron chi connectivity index (χ0n) is 9.83. The Morgan fingerprint density at radius 2 is 2.11 bits per heavy atom. The first-order valence-electron chi connectivity index (χ1n) is 5.77. The van der Waals surface area contributed by atoms with Crippen LogP contribution >= 0.6 is 0 Å². The highest BCUT2D eigenvalue weighted by Crippen LogP contribution is 2.15. The molecule has 0 saturated carbocycles. The van der Waals surface area contributed by atoms with Crippen LogP contribution in [0.3, 0.4) is 0 Å². The van der Waals surface area contributed by atoms with Crippen LogP contribution < -0.4 is 4.74 Å². The number of aromatic carboxylic acids is 1. The quantitative estimate of drug-likeness (QED) is 0.854. The second-order valence-corrected chi connectivity index (χ2v) is 4.03. The van der Waals surface area contributed by atoms with Gasteiger partial charge >= 0.3 is 5.97 Å². The highest BCUT2D eigenvalue weighted by atomic mass is 16.5. The molecular weight excluding hydrogens is 236 g/mol. The van der Waals surface area contributed by atoms with Crippen molar-refractivity contribution in [2.45, 2.75) is 12.8 Å². The van der Waals surface area contributed by atoms with Gasteiger partial charge in [0.15, 0.2) is 18.1 Å². The summed E-state index contributed by atoms with van der Waals surface area (Å²) in [6.45, 7) is 1.36. The van der Waals surface area contributed by atoms with E-state index in [1.807, 2.05) is 0 Å². The predicted molar refractivity (Wildman–Crippen MR) is 62.5 cm³/mol. The lowest BCUT2D eigenvalue weighted by molar-refractivity contribution is -0.132. The average Bonchev–Trinajstić information content (AvgIpc) is 2.90. The van der Waals surface area contributed by atoms with E-state index in [1.54, 1.807) is 11.0 Å². The molecule has 1 aliphatic heterocycles. The molecule has 2 heterocycles. The van der Waals surface area contributed by atoms with Crippen LogP contribution in [0, 0.1) is 0 Å². The van der Waals surface area contributed by atoms with Crippen LogP contribution in [0.15, 0.2) is 18.3 Å². The molecule has 1 aromatic heterocycles. The minimum absolute atomic E-state index is 0.118. The van der Waals surface area contributed by atoms with E-state index in [9.17, 15) is 9.59 Å². The summed E-state index contributed by atoms with van der Waals surface area (Å²) < 4.78 is 5.24. The Labute approximate surface area is 104 Å². The zero-order chi connectivity index (χ0) is 13.0. The molecule has 0 aromatic carbocycles. The van der Waals surface area contributed by atoms with Gasteiger partial charge in [0.1, 0.15) is 0 Å². The maximum atomic E-state index is 11.7. The van der Waals surface area contributed by atoms with Crippen molar-refractivity contribution in [3.8, 4) is 5.75 Å². The second kappa shape index (κ2) is 5.48. The van der Waals surface area contributed by atoms with Gasteiger partial charge in [0.25, 0.3) is 5.91 Å². The molecule has 0 atom stereocenters. The minimum atomic E-state index is -1.17. The van der Waals surface area contributed by atoms with Gasteiger partial charge in [-0.3, -0.25) is 4.79 Å². The Bertz CT molecular complexity index is 455.